The molecule has 1 aromatic rings. The molecule has 0 heterocycles. The van der Waals surface area contributed by atoms with Crippen molar-refractivity contribution >= 4 is 17.6 Å². The number of nitrogens with one attached hydrogen (secondary N) is 1. The van der Waals surface area contributed by atoms with E-state index < -0.39 is 5.97 Å². The predicted molar refractivity (Wildman–Crippen MR) is 67.5 cm³/mol. The summed E-state index contributed by atoms with van der Waals surface area (Å²) in [4.78, 5) is 22.7. The lowest BCUT2D eigenvalue weighted by Gasteiger charge is -2.06. The molecule has 1 rings (SSSR count). The number of benzene rings is 1. The normalized spacial score (nSPS) is 9.89. The number of rotatable bonds is 6. The van der Waals surface area contributed by atoms with E-state index >= 15 is 0 Å². The topological polar surface area (TPSA) is 64.6 Å². The second kappa shape index (κ2) is 7.45. The predicted octanol–water partition coefficient (Wildman–Crippen LogP) is 1.84. The van der Waals surface area contributed by atoms with Crippen LogP contribution < -0.4 is 5.32 Å². The number of amides is 1. The zero-order valence-electron chi connectivity index (χ0n) is 10.6. The fourth-order valence-corrected chi connectivity index (χ4v) is 1.34. The van der Waals surface area contributed by atoms with Crippen molar-refractivity contribution in [3.05, 3.63) is 29.8 Å². The molecular weight excluding hydrogens is 234 g/mol. The zero-order valence-corrected chi connectivity index (χ0v) is 10.6. The molecule has 98 valence electrons. The molecule has 0 atom stereocenters. The van der Waals surface area contributed by atoms with Crippen molar-refractivity contribution in [1.82, 2.24) is 0 Å². The molecule has 0 aromatic heterocycles. The Morgan fingerprint density at radius 1 is 1.22 bits per heavy atom. The average molecular weight is 251 g/mol. The van der Waals surface area contributed by atoms with Crippen LogP contribution in [-0.2, 0) is 14.3 Å². The maximum absolute atomic E-state index is 11.5. The fourth-order valence-electron chi connectivity index (χ4n) is 1.34. The van der Waals surface area contributed by atoms with Gasteiger partial charge in [-0.2, -0.15) is 0 Å². The summed E-state index contributed by atoms with van der Waals surface area (Å²) in [6.45, 7) is 2.88. The van der Waals surface area contributed by atoms with Crippen LogP contribution >= 0.6 is 0 Å². The number of anilines is 1. The molecule has 18 heavy (non-hydrogen) atoms. The zero-order chi connectivity index (χ0) is 13.4. The van der Waals surface area contributed by atoms with Gasteiger partial charge in [0.25, 0.3) is 0 Å². The lowest BCUT2D eigenvalue weighted by Crippen LogP contribution is -2.14. The quantitative estimate of drug-likeness (QED) is 0.619. The van der Waals surface area contributed by atoms with Crippen molar-refractivity contribution in [2.45, 2.75) is 13.3 Å². The number of ether oxygens (including phenoxy) is 2. The lowest BCUT2D eigenvalue weighted by molar-refractivity contribution is -0.117. The molecule has 0 unspecified atom stereocenters. The minimum absolute atomic E-state index is 0.116. The van der Waals surface area contributed by atoms with Crippen molar-refractivity contribution < 1.29 is 19.1 Å². The van der Waals surface area contributed by atoms with E-state index in [0.29, 0.717) is 30.9 Å². The highest BCUT2D eigenvalue weighted by atomic mass is 16.5. The Balaban J connectivity index is 2.48. The summed E-state index contributed by atoms with van der Waals surface area (Å²) in [5.41, 5.74) is 1.09. The van der Waals surface area contributed by atoms with E-state index in [0.717, 1.165) is 0 Å². The van der Waals surface area contributed by atoms with Gasteiger partial charge in [0.1, 0.15) is 0 Å². The van der Waals surface area contributed by atoms with Gasteiger partial charge in [0.15, 0.2) is 0 Å². The Bertz CT molecular complexity index is 400. The summed E-state index contributed by atoms with van der Waals surface area (Å²) < 4.78 is 9.66. The van der Waals surface area contributed by atoms with E-state index in [1.165, 1.54) is 7.11 Å². The Morgan fingerprint density at radius 3 is 2.44 bits per heavy atom. The van der Waals surface area contributed by atoms with Crippen LogP contribution in [0.1, 0.15) is 23.7 Å². The van der Waals surface area contributed by atoms with Gasteiger partial charge in [0.05, 0.1) is 25.7 Å². The first kappa shape index (κ1) is 14.2. The molecule has 0 spiro atoms. The number of esters is 1. The number of hydrogen-bond acceptors (Lipinski definition) is 4. The first-order valence-electron chi connectivity index (χ1n) is 5.73. The van der Waals surface area contributed by atoms with Crippen LogP contribution in [0.15, 0.2) is 24.3 Å². The third kappa shape index (κ3) is 4.55. The van der Waals surface area contributed by atoms with Crippen molar-refractivity contribution in [2.24, 2.45) is 0 Å². The van der Waals surface area contributed by atoms with Gasteiger partial charge < -0.3 is 14.8 Å². The minimum Gasteiger partial charge on any atom is -0.465 e. The van der Waals surface area contributed by atoms with Gasteiger partial charge in [-0.05, 0) is 31.2 Å². The van der Waals surface area contributed by atoms with Gasteiger partial charge in [0.2, 0.25) is 5.91 Å². The van der Waals surface area contributed by atoms with Crippen LogP contribution in [0.25, 0.3) is 0 Å². The highest BCUT2D eigenvalue weighted by Crippen LogP contribution is 2.10. The van der Waals surface area contributed by atoms with Gasteiger partial charge >= 0.3 is 5.97 Å². The van der Waals surface area contributed by atoms with Gasteiger partial charge in [-0.25, -0.2) is 4.79 Å². The molecule has 5 nitrogen and oxygen atoms in total. The molecule has 5 heteroatoms. The third-order valence-electron chi connectivity index (χ3n) is 2.27. The highest BCUT2D eigenvalue weighted by Gasteiger charge is 2.06. The number of carbonyl (C=O) groups excluding carboxylic acids is 2. The van der Waals surface area contributed by atoms with Crippen LogP contribution in [0.2, 0.25) is 0 Å². The number of methoxy groups -OCH3 is 1. The van der Waals surface area contributed by atoms with Crippen molar-refractivity contribution in [1.29, 1.82) is 0 Å². The molecule has 0 fully saturated rings. The van der Waals surface area contributed by atoms with Gasteiger partial charge in [0, 0.05) is 12.3 Å². The fraction of sp³-hybridized carbons (Fsp3) is 0.385. The molecule has 0 aliphatic rings. The van der Waals surface area contributed by atoms with E-state index in [2.05, 4.69) is 10.1 Å². The van der Waals surface area contributed by atoms with Crippen molar-refractivity contribution in [3.8, 4) is 0 Å². The van der Waals surface area contributed by atoms with Gasteiger partial charge in [-0.1, -0.05) is 0 Å². The van der Waals surface area contributed by atoms with Crippen LogP contribution in [0.4, 0.5) is 5.69 Å². The van der Waals surface area contributed by atoms with E-state index in [9.17, 15) is 9.59 Å². The Morgan fingerprint density at radius 2 is 1.89 bits per heavy atom. The number of hydrogen-bond donors (Lipinski definition) is 1. The SMILES string of the molecule is CCOCCC(=O)Nc1ccc(C(=O)OC)cc1. The van der Waals surface area contributed by atoms with Crippen molar-refractivity contribution in [2.75, 3.05) is 25.6 Å². The highest BCUT2D eigenvalue weighted by molar-refractivity contribution is 5.93. The molecule has 0 radical (unpaired) electrons. The summed E-state index contributed by atoms with van der Waals surface area (Å²) in [5.74, 6) is -0.515. The molecule has 1 N–H and O–H groups in total. The summed E-state index contributed by atoms with van der Waals surface area (Å²) in [7, 11) is 1.33. The summed E-state index contributed by atoms with van der Waals surface area (Å²) in [5, 5.41) is 2.71. The Hall–Kier alpha value is -1.88. The molecule has 0 aliphatic carbocycles. The largest absolute Gasteiger partial charge is 0.465 e. The molecule has 0 bridgehead atoms. The molecule has 1 aromatic carbocycles. The van der Waals surface area contributed by atoms with Crippen molar-refractivity contribution in [3.63, 3.8) is 0 Å². The van der Waals surface area contributed by atoms with Gasteiger partial charge in [-0.3, -0.25) is 4.79 Å². The van der Waals surface area contributed by atoms with Crippen LogP contribution in [0.5, 0.6) is 0 Å². The molecular formula is C13H17NO4. The van der Waals surface area contributed by atoms with Gasteiger partial charge in [-0.15, -0.1) is 0 Å². The summed E-state index contributed by atoms with van der Waals surface area (Å²) in [6.07, 6.45) is 0.312. The first-order valence-corrected chi connectivity index (χ1v) is 5.73. The second-order valence-corrected chi connectivity index (χ2v) is 3.56. The van der Waals surface area contributed by atoms with E-state index in [-0.39, 0.29) is 5.91 Å². The van der Waals surface area contributed by atoms with Crippen LogP contribution in [0.3, 0.4) is 0 Å². The standard InChI is InChI=1S/C13H17NO4/c1-3-18-9-8-12(15)14-11-6-4-10(5-7-11)13(16)17-2/h4-7H,3,8-9H2,1-2H3,(H,14,15). The Labute approximate surface area is 106 Å². The van der Waals surface area contributed by atoms with E-state index in [1.807, 2.05) is 6.92 Å². The van der Waals surface area contributed by atoms with Crippen LogP contribution in [-0.4, -0.2) is 32.2 Å². The molecule has 0 aliphatic heterocycles. The molecule has 1 amide bonds. The molecule has 0 saturated heterocycles. The monoisotopic (exact) mass is 251 g/mol. The lowest BCUT2D eigenvalue weighted by atomic mass is 10.2. The first-order chi connectivity index (χ1) is 8.67. The minimum atomic E-state index is -0.399. The molecule has 0 saturated carbocycles. The maximum atomic E-state index is 11.5. The summed E-state index contributed by atoms with van der Waals surface area (Å²) >= 11 is 0. The maximum Gasteiger partial charge on any atom is 0.337 e. The smallest absolute Gasteiger partial charge is 0.337 e. The third-order valence-corrected chi connectivity index (χ3v) is 2.27. The van der Waals surface area contributed by atoms with E-state index in [1.54, 1.807) is 24.3 Å². The second-order valence-electron chi connectivity index (χ2n) is 3.56. The summed E-state index contributed by atoms with van der Waals surface area (Å²) in [6, 6.07) is 6.52. The average Bonchev–Trinajstić information content (AvgIpc) is 2.39. The number of carbonyl (C=O) groups is 2. The Kier molecular flexibility index (Phi) is 5.87. The van der Waals surface area contributed by atoms with E-state index in [4.69, 9.17) is 4.74 Å². The van der Waals surface area contributed by atoms with Crippen LogP contribution in [0, 0.1) is 0 Å².